The van der Waals surface area contributed by atoms with Gasteiger partial charge in [0.1, 0.15) is 19.1 Å². The third-order valence-corrected chi connectivity index (χ3v) is 6.72. The van der Waals surface area contributed by atoms with E-state index in [2.05, 4.69) is 15.0 Å². The number of fused-ring (bicyclic) bond motifs is 3. The molecule has 6 rings (SSSR count). The van der Waals surface area contributed by atoms with Crippen LogP contribution in [0.4, 0.5) is 13.2 Å². The first-order chi connectivity index (χ1) is 23.4. The molecule has 17 heteroatoms. The second kappa shape index (κ2) is 16.2. The predicted molar refractivity (Wildman–Crippen MR) is 174 cm³/mol. The maximum atomic E-state index is 11.4. The van der Waals surface area contributed by atoms with Crippen LogP contribution in [0.2, 0.25) is 0 Å². The van der Waals surface area contributed by atoms with Gasteiger partial charge in [-0.1, -0.05) is 57.2 Å². The normalized spacial score (nSPS) is 11.7. The summed E-state index contributed by atoms with van der Waals surface area (Å²) in [5.74, 6) is -5.31. The predicted octanol–water partition coefficient (Wildman–Crippen LogP) is 5.58. The van der Waals surface area contributed by atoms with Crippen LogP contribution in [-0.4, -0.2) is 79.1 Å². The van der Waals surface area contributed by atoms with E-state index in [1.165, 1.54) is 0 Å². The lowest BCUT2D eigenvalue weighted by Crippen LogP contribution is -2.31. The molecule has 0 spiro atoms. The van der Waals surface area contributed by atoms with E-state index in [1.54, 1.807) is 32.7 Å². The molecule has 0 saturated heterocycles. The van der Waals surface area contributed by atoms with Crippen molar-refractivity contribution in [3.8, 4) is 0 Å². The van der Waals surface area contributed by atoms with Crippen LogP contribution >= 0.6 is 0 Å². The van der Waals surface area contributed by atoms with E-state index in [0.717, 1.165) is 33.1 Å². The van der Waals surface area contributed by atoms with E-state index in [4.69, 9.17) is 20.1 Å². The Morgan fingerprint density at radius 2 is 0.960 bits per heavy atom. The number of halogens is 3. The van der Waals surface area contributed by atoms with Crippen molar-refractivity contribution in [3.63, 3.8) is 0 Å². The van der Waals surface area contributed by atoms with Gasteiger partial charge in [-0.25, -0.2) is 24.5 Å². The van der Waals surface area contributed by atoms with E-state index in [0.29, 0.717) is 0 Å². The van der Waals surface area contributed by atoms with Gasteiger partial charge in [0, 0.05) is 0 Å². The minimum atomic E-state index is -5.08. The van der Waals surface area contributed by atoms with E-state index >= 15 is 0 Å². The molecule has 1 atom stereocenters. The molecule has 0 aliphatic rings. The van der Waals surface area contributed by atoms with Crippen LogP contribution in [0.25, 0.3) is 33.1 Å². The highest BCUT2D eigenvalue weighted by atomic mass is 19.4. The number of carboxylic acids is 4. The van der Waals surface area contributed by atoms with Crippen LogP contribution in [0.3, 0.4) is 0 Å². The summed E-state index contributed by atoms with van der Waals surface area (Å²) in [5, 5.41) is 33.7. The average molecular weight is 699 g/mol. The summed E-state index contributed by atoms with van der Waals surface area (Å²) in [6.07, 6.45) is -0.397. The fourth-order valence-corrected chi connectivity index (χ4v) is 4.65. The van der Waals surface area contributed by atoms with E-state index in [-0.39, 0.29) is 18.5 Å². The molecular formula is C33H33F3N6O8. The van der Waals surface area contributed by atoms with Crippen molar-refractivity contribution in [2.24, 2.45) is 5.41 Å². The third-order valence-electron chi connectivity index (χ3n) is 6.72. The Balaban J connectivity index is 0.000000187. The molecule has 3 heterocycles. The monoisotopic (exact) mass is 698 g/mol. The number of hydrogen-bond donors (Lipinski definition) is 4. The smallest absolute Gasteiger partial charge is 0.480 e. The summed E-state index contributed by atoms with van der Waals surface area (Å²) in [6, 6.07) is 21.8. The van der Waals surface area contributed by atoms with Gasteiger partial charge in [-0.15, -0.1) is 0 Å². The molecule has 3 aromatic carbocycles. The van der Waals surface area contributed by atoms with Gasteiger partial charge >= 0.3 is 30.1 Å². The maximum absolute atomic E-state index is 11.4. The Kier molecular flexibility index (Phi) is 12.4. The van der Waals surface area contributed by atoms with Gasteiger partial charge in [0.25, 0.3) is 0 Å². The van der Waals surface area contributed by atoms with Gasteiger partial charge < -0.3 is 34.1 Å². The topological polar surface area (TPSA) is 203 Å². The van der Waals surface area contributed by atoms with Gasteiger partial charge in [-0.2, -0.15) is 13.2 Å². The maximum Gasteiger partial charge on any atom is 0.490 e. The molecule has 0 aliphatic carbocycles. The Morgan fingerprint density at radius 3 is 1.30 bits per heavy atom. The lowest BCUT2D eigenvalue weighted by atomic mass is 9.86. The highest BCUT2D eigenvalue weighted by molar-refractivity contribution is 5.80. The molecule has 4 N–H and O–H groups in total. The van der Waals surface area contributed by atoms with Crippen LogP contribution in [0.1, 0.15) is 26.8 Å². The number of hydrogen-bond acceptors (Lipinski definition) is 7. The number of benzene rings is 3. The van der Waals surface area contributed by atoms with Crippen molar-refractivity contribution in [3.05, 3.63) is 91.8 Å². The molecular weight excluding hydrogens is 665 g/mol. The first kappa shape index (κ1) is 38.2. The molecule has 14 nitrogen and oxygen atoms in total. The number of carbonyl (C=O) groups is 4. The third kappa shape index (κ3) is 10.4. The van der Waals surface area contributed by atoms with Crippen LogP contribution in [0, 0.1) is 5.41 Å². The number of aromatic nitrogens is 6. The summed E-state index contributed by atoms with van der Waals surface area (Å²) in [5.41, 5.74) is 4.66. The minimum Gasteiger partial charge on any atom is -0.480 e. The van der Waals surface area contributed by atoms with Crippen molar-refractivity contribution >= 4 is 57.0 Å². The molecule has 1 unspecified atom stereocenters. The first-order valence-corrected chi connectivity index (χ1v) is 14.6. The number of carboxylic acid groups (broad SMARTS) is 4. The lowest BCUT2D eigenvalue weighted by Gasteiger charge is -2.28. The van der Waals surface area contributed by atoms with Gasteiger partial charge in [0.05, 0.1) is 52.1 Å². The molecule has 0 bridgehead atoms. The lowest BCUT2D eigenvalue weighted by molar-refractivity contribution is -0.192. The molecule has 50 heavy (non-hydrogen) atoms. The second-order valence-corrected chi connectivity index (χ2v) is 11.6. The van der Waals surface area contributed by atoms with Gasteiger partial charge in [0.15, 0.2) is 0 Å². The van der Waals surface area contributed by atoms with Crippen LogP contribution in [0.15, 0.2) is 91.8 Å². The average Bonchev–Trinajstić information content (AvgIpc) is 3.74. The molecule has 0 aliphatic heterocycles. The Bertz CT molecular complexity index is 2010. The molecule has 3 aromatic heterocycles. The minimum absolute atomic E-state index is 0.0412. The van der Waals surface area contributed by atoms with E-state index in [9.17, 15) is 32.7 Å². The van der Waals surface area contributed by atoms with Gasteiger partial charge in [0.2, 0.25) is 0 Å². The van der Waals surface area contributed by atoms with Crippen LogP contribution in [-0.2, 0) is 32.3 Å². The number of rotatable bonds is 6. The number of para-hydroxylation sites is 6. The van der Waals surface area contributed by atoms with E-state index < -0.39 is 36.1 Å². The quantitative estimate of drug-likeness (QED) is 0.169. The summed E-state index contributed by atoms with van der Waals surface area (Å²) < 4.78 is 36.7. The largest absolute Gasteiger partial charge is 0.490 e. The van der Waals surface area contributed by atoms with Crippen molar-refractivity contribution in [2.45, 2.75) is 46.1 Å². The first-order valence-electron chi connectivity index (χ1n) is 14.6. The molecule has 6 aromatic rings. The summed E-state index contributed by atoms with van der Waals surface area (Å²) in [6.45, 7) is 5.67. The molecule has 0 radical (unpaired) electrons. The van der Waals surface area contributed by atoms with Crippen LogP contribution < -0.4 is 0 Å². The number of nitrogens with zero attached hydrogens (tertiary/aromatic N) is 6. The molecule has 0 fully saturated rings. The summed E-state index contributed by atoms with van der Waals surface area (Å²) in [4.78, 5) is 53.6. The van der Waals surface area contributed by atoms with Crippen molar-refractivity contribution in [1.82, 2.24) is 28.7 Å². The van der Waals surface area contributed by atoms with Crippen molar-refractivity contribution < 1.29 is 52.8 Å². The van der Waals surface area contributed by atoms with Crippen LogP contribution in [0.5, 0.6) is 0 Å². The standard InChI is InChI=1S/C13H16N2O2.2C9H8N2O2.C2HF3O2/c1-13(2,3)11(12(16)17)15-8-14-9-6-4-5-7-10(9)15;2*12-9(13)5-11-6-10-7-3-1-2-4-8(7)11;3-2(4,5)1(6)7/h4-8,11H,1-3H3,(H,16,17);2*1-4,6H,5H2,(H,12,13);(H,6,7). The second-order valence-electron chi connectivity index (χ2n) is 11.6. The molecule has 0 amide bonds. The molecule has 264 valence electrons. The summed E-state index contributed by atoms with van der Waals surface area (Å²) in [7, 11) is 0. The van der Waals surface area contributed by atoms with Crippen molar-refractivity contribution in [1.29, 1.82) is 0 Å². The number of aliphatic carboxylic acids is 4. The Morgan fingerprint density at radius 1 is 0.620 bits per heavy atom. The van der Waals surface area contributed by atoms with Gasteiger partial charge in [-0.05, 0) is 41.8 Å². The Labute approximate surface area is 281 Å². The molecule has 0 saturated carbocycles. The summed E-state index contributed by atoms with van der Waals surface area (Å²) >= 11 is 0. The van der Waals surface area contributed by atoms with Gasteiger partial charge in [-0.3, -0.25) is 9.59 Å². The van der Waals surface area contributed by atoms with E-state index in [1.807, 2.05) is 93.6 Å². The SMILES string of the molecule is CC(C)(C)C(C(=O)O)n1cnc2ccccc21.O=C(O)C(F)(F)F.O=C(O)Cn1cnc2ccccc21.O=C(O)Cn1cnc2ccccc21. The fraction of sp³-hybridized carbons (Fsp3) is 0.242. The highest BCUT2D eigenvalue weighted by Gasteiger charge is 2.38. The number of alkyl halides is 3. The van der Waals surface area contributed by atoms with Crippen molar-refractivity contribution in [2.75, 3.05) is 0 Å². The highest BCUT2D eigenvalue weighted by Crippen LogP contribution is 2.33. The zero-order valence-corrected chi connectivity index (χ0v) is 26.9. The zero-order valence-electron chi connectivity index (χ0n) is 26.9. The fourth-order valence-electron chi connectivity index (χ4n) is 4.65. The zero-order chi connectivity index (χ0) is 37.2. The Hall–Kier alpha value is -6.26. The number of imidazole rings is 3.